The fourth-order valence-corrected chi connectivity index (χ4v) is 2.27. The van der Waals surface area contributed by atoms with Crippen LogP contribution in [0, 0.1) is 10.1 Å². The standard InChI is InChI=1S/C12H9NO5S/c14-12(15)11-8(5-6-19-11)7-18-10-4-2-1-3-9(10)13(16)17/h1-6H,7H2,(H,14,15). The topological polar surface area (TPSA) is 89.7 Å². The molecule has 0 aliphatic heterocycles. The van der Waals surface area contributed by atoms with Crippen LogP contribution in [0.3, 0.4) is 0 Å². The molecular formula is C12H9NO5S. The maximum atomic E-state index is 10.9. The third-order valence-corrected chi connectivity index (χ3v) is 3.33. The number of ether oxygens (including phenoxy) is 1. The number of aromatic carboxylic acids is 1. The van der Waals surface area contributed by atoms with Gasteiger partial charge in [-0.25, -0.2) is 4.79 Å². The second kappa shape index (κ2) is 5.49. The SMILES string of the molecule is O=C(O)c1sccc1COc1ccccc1[N+](=O)[O-]. The maximum Gasteiger partial charge on any atom is 0.346 e. The summed E-state index contributed by atoms with van der Waals surface area (Å²) in [6, 6.07) is 7.60. The molecule has 1 heterocycles. The van der Waals surface area contributed by atoms with E-state index in [1.165, 1.54) is 18.2 Å². The molecule has 0 saturated carbocycles. The predicted molar refractivity (Wildman–Crippen MR) is 68.7 cm³/mol. The van der Waals surface area contributed by atoms with E-state index in [0.717, 1.165) is 11.3 Å². The van der Waals surface area contributed by atoms with E-state index in [0.29, 0.717) is 5.56 Å². The summed E-state index contributed by atoms with van der Waals surface area (Å²) < 4.78 is 5.34. The molecule has 6 nitrogen and oxygen atoms in total. The molecule has 19 heavy (non-hydrogen) atoms. The minimum absolute atomic E-state index is 0.0179. The van der Waals surface area contributed by atoms with Crippen LogP contribution in [0.15, 0.2) is 35.7 Å². The molecule has 98 valence electrons. The van der Waals surface area contributed by atoms with Crippen molar-refractivity contribution in [2.24, 2.45) is 0 Å². The molecule has 1 aromatic carbocycles. The molecule has 0 spiro atoms. The van der Waals surface area contributed by atoms with Gasteiger partial charge in [0.2, 0.25) is 0 Å². The average Bonchev–Trinajstić information content (AvgIpc) is 2.85. The summed E-state index contributed by atoms with van der Waals surface area (Å²) in [6.07, 6.45) is 0. The summed E-state index contributed by atoms with van der Waals surface area (Å²) in [5.74, 6) is -0.911. The maximum absolute atomic E-state index is 10.9. The molecule has 0 fully saturated rings. The summed E-state index contributed by atoms with van der Waals surface area (Å²) in [7, 11) is 0. The second-order valence-corrected chi connectivity index (χ2v) is 4.51. The first-order chi connectivity index (χ1) is 9.09. The number of rotatable bonds is 5. The zero-order valence-corrected chi connectivity index (χ0v) is 10.4. The molecule has 0 saturated heterocycles. The highest BCUT2D eigenvalue weighted by molar-refractivity contribution is 7.12. The largest absolute Gasteiger partial charge is 0.482 e. The highest BCUT2D eigenvalue weighted by atomic mass is 32.1. The van der Waals surface area contributed by atoms with E-state index in [1.807, 2.05) is 0 Å². The molecule has 0 radical (unpaired) electrons. The Bertz CT molecular complexity index is 622. The van der Waals surface area contributed by atoms with Crippen molar-refractivity contribution in [1.29, 1.82) is 0 Å². The third-order valence-electron chi connectivity index (χ3n) is 2.39. The zero-order chi connectivity index (χ0) is 13.8. The molecule has 0 bridgehead atoms. The molecule has 0 amide bonds. The number of nitrogens with zero attached hydrogens (tertiary/aromatic N) is 1. The number of hydrogen-bond donors (Lipinski definition) is 1. The summed E-state index contributed by atoms with van der Waals surface area (Å²) >= 11 is 1.09. The minimum atomic E-state index is -1.03. The quantitative estimate of drug-likeness (QED) is 0.671. The molecule has 0 aliphatic rings. The molecule has 2 rings (SSSR count). The van der Waals surface area contributed by atoms with Crippen LogP contribution >= 0.6 is 11.3 Å². The Hall–Kier alpha value is -2.41. The zero-order valence-electron chi connectivity index (χ0n) is 9.61. The van der Waals surface area contributed by atoms with Crippen molar-refractivity contribution in [3.8, 4) is 5.75 Å². The number of benzene rings is 1. The monoisotopic (exact) mass is 279 g/mol. The van der Waals surface area contributed by atoms with Crippen molar-refractivity contribution in [1.82, 2.24) is 0 Å². The van der Waals surface area contributed by atoms with Gasteiger partial charge in [0.1, 0.15) is 11.5 Å². The lowest BCUT2D eigenvalue weighted by Crippen LogP contribution is -2.03. The fraction of sp³-hybridized carbons (Fsp3) is 0.0833. The second-order valence-electron chi connectivity index (χ2n) is 3.59. The van der Waals surface area contributed by atoms with E-state index in [-0.39, 0.29) is 22.9 Å². The predicted octanol–water partition coefficient (Wildman–Crippen LogP) is 2.93. The van der Waals surface area contributed by atoms with Gasteiger partial charge in [-0.2, -0.15) is 0 Å². The number of hydrogen-bond acceptors (Lipinski definition) is 5. The van der Waals surface area contributed by atoms with Gasteiger partial charge in [0, 0.05) is 11.6 Å². The lowest BCUT2D eigenvalue weighted by atomic mass is 10.2. The summed E-state index contributed by atoms with van der Waals surface area (Å²) in [6.45, 7) is -0.0179. The smallest absolute Gasteiger partial charge is 0.346 e. The van der Waals surface area contributed by atoms with Crippen LogP contribution in [0.25, 0.3) is 0 Å². The van der Waals surface area contributed by atoms with E-state index in [2.05, 4.69) is 0 Å². The van der Waals surface area contributed by atoms with Gasteiger partial charge >= 0.3 is 11.7 Å². The molecular weight excluding hydrogens is 270 g/mol. The van der Waals surface area contributed by atoms with Gasteiger partial charge < -0.3 is 9.84 Å². The summed E-state index contributed by atoms with van der Waals surface area (Å²) in [5.41, 5.74) is 0.352. The first kappa shape index (κ1) is 13.0. The van der Waals surface area contributed by atoms with E-state index < -0.39 is 10.9 Å². The number of carbonyl (C=O) groups is 1. The Balaban J connectivity index is 2.17. The van der Waals surface area contributed by atoms with Crippen molar-refractivity contribution in [3.05, 3.63) is 56.3 Å². The van der Waals surface area contributed by atoms with Gasteiger partial charge in [0.15, 0.2) is 5.75 Å². The van der Waals surface area contributed by atoms with Crippen LogP contribution < -0.4 is 4.74 Å². The van der Waals surface area contributed by atoms with Crippen LogP contribution in [0.5, 0.6) is 5.75 Å². The van der Waals surface area contributed by atoms with Gasteiger partial charge in [-0.15, -0.1) is 11.3 Å². The Kier molecular flexibility index (Phi) is 3.76. The summed E-state index contributed by atoms with van der Waals surface area (Å²) in [5, 5.41) is 21.4. The lowest BCUT2D eigenvalue weighted by molar-refractivity contribution is -0.385. The van der Waals surface area contributed by atoms with E-state index in [1.54, 1.807) is 17.5 Å². The molecule has 0 unspecified atom stereocenters. The fourth-order valence-electron chi connectivity index (χ4n) is 1.52. The van der Waals surface area contributed by atoms with Crippen LogP contribution in [0.2, 0.25) is 0 Å². The Morgan fingerprint density at radius 3 is 2.79 bits per heavy atom. The highest BCUT2D eigenvalue weighted by Crippen LogP contribution is 2.27. The van der Waals surface area contributed by atoms with Gasteiger partial charge in [-0.3, -0.25) is 10.1 Å². The Morgan fingerprint density at radius 2 is 2.11 bits per heavy atom. The Labute approximate surface area is 112 Å². The van der Waals surface area contributed by atoms with Gasteiger partial charge in [-0.1, -0.05) is 12.1 Å². The number of carboxylic acids is 1. The van der Waals surface area contributed by atoms with Crippen LogP contribution in [0.4, 0.5) is 5.69 Å². The Morgan fingerprint density at radius 1 is 1.37 bits per heavy atom. The minimum Gasteiger partial charge on any atom is -0.482 e. The molecule has 2 aromatic rings. The van der Waals surface area contributed by atoms with Crippen molar-refractivity contribution in [2.75, 3.05) is 0 Å². The van der Waals surface area contributed by atoms with Crippen molar-refractivity contribution < 1.29 is 19.6 Å². The lowest BCUT2D eigenvalue weighted by Gasteiger charge is -2.06. The van der Waals surface area contributed by atoms with Crippen LogP contribution in [-0.2, 0) is 6.61 Å². The van der Waals surface area contributed by atoms with E-state index in [4.69, 9.17) is 9.84 Å². The first-order valence-electron chi connectivity index (χ1n) is 5.25. The third kappa shape index (κ3) is 2.89. The van der Waals surface area contributed by atoms with Crippen LogP contribution in [0.1, 0.15) is 15.2 Å². The average molecular weight is 279 g/mol. The first-order valence-corrected chi connectivity index (χ1v) is 6.13. The van der Waals surface area contributed by atoms with Crippen molar-refractivity contribution in [2.45, 2.75) is 6.61 Å². The highest BCUT2D eigenvalue weighted by Gasteiger charge is 2.16. The van der Waals surface area contributed by atoms with Crippen molar-refractivity contribution in [3.63, 3.8) is 0 Å². The van der Waals surface area contributed by atoms with Gasteiger partial charge in [-0.05, 0) is 17.5 Å². The van der Waals surface area contributed by atoms with E-state index in [9.17, 15) is 14.9 Å². The van der Waals surface area contributed by atoms with E-state index >= 15 is 0 Å². The summed E-state index contributed by atoms with van der Waals surface area (Å²) in [4.78, 5) is 21.3. The van der Waals surface area contributed by atoms with Gasteiger partial charge in [0.05, 0.1) is 4.92 Å². The molecule has 1 N–H and O–H groups in total. The molecule has 7 heteroatoms. The number of para-hydroxylation sites is 2. The molecule has 0 aliphatic carbocycles. The van der Waals surface area contributed by atoms with Crippen molar-refractivity contribution >= 4 is 23.0 Å². The molecule has 1 aromatic heterocycles. The number of nitro benzene ring substituents is 1. The number of thiophene rings is 1. The normalized spacial score (nSPS) is 10.1. The number of nitro groups is 1. The molecule has 0 atom stereocenters. The van der Waals surface area contributed by atoms with Crippen LogP contribution in [-0.4, -0.2) is 16.0 Å². The van der Waals surface area contributed by atoms with Gasteiger partial charge in [0.25, 0.3) is 0 Å². The number of carboxylic acid groups (broad SMARTS) is 1.